The second-order valence-corrected chi connectivity index (χ2v) is 7.40. The molecule has 0 aliphatic carbocycles. The molecule has 0 spiro atoms. The molecule has 0 radical (unpaired) electrons. The van der Waals surface area contributed by atoms with Gasteiger partial charge < -0.3 is 16.0 Å². The summed E-state index contributed by atoms with van der Waals surface area (Å²) in [6.07, 6.45) is 0. The van der Waals surface area contributed by atoms with E-state index >= 15 is 0 Å². The van der Waals surface area contributed by atoms with Crippen LogP contribution in [-0.4, -0.2) is 26.7 Å². The van der Waals surface area contributed by atoms with Gasteiger partial charge in [-0.25, -0.2) is 9.37 Å². The van der Waals surface area contributed by atoms with E-state index < -0.39 is 0 Å². The zero-order chi connectivity index (χ0) is 19.7. The summed E-state index contributed by atoms with van der Waals surface area (Å²) < 4.78 is 13.1. The number of halogens is 1. The van der Waals surface area contributed by atoms with E-state index in [2.05, 4.69) is 39.3 Å². The molecular weight excluding hydrogens is 355 g/mol. The third-order valence-corrected chi connectivity index (χ3v) is 4.80. The Kier molecular flexibility index (Phi) is 4.43. The van der Waals surface area contributed by atoms with Crippen LogP contribution in [0.25, 0.3) is 22.3 Å². The number of benzene rings is 2. The minimum Gasteiger partial charge on any atom is -0.369 e. The number of hydrogen-bond acceptors (Lipinski definition) is 5. The number of hydrogen-bond donors (Lipinski definition) is 3. The van der Waals surface area contributed by atoms with Gasteiger partial charge in [-0.15, -0.1) is 10.2 Å². The molecule has 6 nitrogen and oxygen atoms in total. The number of aromatic amines is 1. The molecule has 142 valence electrons. The number of anilines is 2. The molecule has 28 heavy (non-hydrogen) atoms. The van der Waals surface area contributed by atoms with Crippen molar-refractivity contribution >= 4 is 22.8 Å². The van der Waals surface area contributed by atoms with Crippen molar-refractivity contribution in [3.05, 3.63) is 66.0 Å². The first-order chi connectivity index (χ1) is 13.4. The maximum Gasteiger partial charge on any atom is 0.198 e. The van der Waals surface area contributed by atoms with E-state index in [9.17, 15) is 4.39 Å². The van der Waals surface area contributed by atoms with Crippen LogP contribution in [0.5, 0.6) is 0 Å². The first kappa shape index (κ1) is 17.9. The van der Waals surface area contributed by atoms with E-state index in [-0.39, 0.29) is 11.2 Å². The van der Waals surface area contributed by atoms with E-state index in [4.69, 9.17) is 5.73 Å². The molecule has 0 aliphatic rings. The summed E-state index contributed by atoms with van der Waals surface area (Å²) in [5.41, 5.74) is 9.92. The molecule has 0 amide bonds. The Bertz CT molecular complexity index is 1100. The van der Waals surface area contributed by atoms with Crippen LogP contribution in [0, 0.1) is 5.82 Å². The molecule has 0 fully saturated rings. The van der Waals surface area contributed by atoms with Crippen molar-refractivity contribution in [2.24, 2.45) is 0 Å². The van der Waals surface area contributed by atoms with E-state index in [1.165, 1.54) is 12.1 Å². The molecular formula is C21H21FN6. The first-order valence-electron chi connectivity index (χ1n) is 9.00. The molecule has 2 aromatic carbocycles. The predicted octanol–water partition coefficient (Wildman–Crippen LogP) is 4.13. The largest absolute Gasteiger partial charge is 0.369 e. The van der Waals surface area contributed by atoms with Crippen molar-refractivity contribution < 1.29 is 4.39 Å². The molecule has 0 aliphatic heterocycles. The molecule has 0 unspecified atom stereocenters. The van der Waals surface area contributed by atoms with Gasteiger partial charge in [-0.1, -0.05) is 32.0 Å². The Morgan fingerprint density at radius 3 is 2.54 bits per heavy atom. The van der Waals surface area contributed by atoms with Gasteiger partial charge in [0.15, 0.2) is 5.95 Å². The topological polar surface area (TPSA) is 92.5 Å². The van der Waals surface area contributed by atoms with E-state index in [0.717, 1.165) is 27.9 Å². The van der Waals surface area contributed by atoms with Crippen molar-refractivity contribution in [1.82, 2.24) is 20.2 Å². The number of nitrogens with two attached hydrogens (primary N) is 1. The molecule has 4 N–H and O–H groups in total. The average molecular weight is 376 g/mol. The number of nitrogens with one attached hydrogen (secondary N) is 2. The number of fused-ring (bicyclic) bond motifs is 1. The number of nitrogen functional groups attached to an aromatic ring is 1. The van der Waals surface area contributed by atoms with E-state index in [1.807, 2.05) is 42.5 Å². The first-order valence-corrected chi connectivity index (χ1v) is 9.00. The van der Waals surface area contributed by atoms with Crippen LogP contribution >= 0.6 is 0 Å². The Hall–Kier alpha value is -3.48. The fourth-order valence-corrected chi connectivity index (χ4v) is 3.08. The van der Waals surface area contributed by atoms with E-state index in [1.54, 1.807) is 0 Å². The lowest BCUT2D eigenvalue weighted by Gasteiger charge is -2.25. The average Bonchev–Trinajstić information content (AvgIpc) is 3.06. The van der Waals surface area contributed by atoms with Gasteiger partial charge >= 0.3 is 0 Å². The monoisotopic (exact) mass is 376 g/mol. The highest BCUT2D eigenvalue weighted by atomic mass is 19.1. The van der Waals surface area contributed by atoms with Gasteiger partial charge in [0, 0.05) is 17.5 Å². The molecule has 0 saturated heterocycles. The molecule has 2 heterocycles. The molecule has 4 rings (SSSR count). The van der Waals surface area contributed by atoms with Gasteiger partial charge in [0.2, 0.25) is 0 Å². The fraction of sp³-hybridized carbons (Fsp3) is 0.190. The summed E-state index contributed by atoms with van der Waals surface area (Å²) in [7, 11) is 0. The highest BCUT2D eigenvalue weighted by Crippen LogP contribution is 2.25. The molecule has 2 aromatic heterocycles. The van der Waals surface area contributed by atoms with Gasteiger partial charge in [0.25, 0.3) is 0 Å². The zero-order valence-electron chi connectivity index (χ0n) is 15.7. The Morgan fingerprint density at radius 2 is 1.82 bits per heavy atom. The van der Waals surface area contributed by atoms with Crippen LogP contribution in [0.15, 0.2) is 54.6 Å². The van der Waals surface area contributed by atoms with E-state index in [0.29, 0.717) is 18.3 Å². The smallest absolute Gasteiger partial charge is 0.198 e. The van der Waals surface area contributed by atoms with Gasteiger partial charge in [-0.3, -0.25) is 0 Å². The lowest BCUT2D eigenvalue weighted by molar-refractivity contribution is 0.552. The number of imidazole rings is 1. The van der Waals surface area contributed by atoms with Crippen molar-refractivity contribution in [3.63, 3.8) is 0 Å². The Labute approximate surface area is 162 Å². The minimum atomic E-state index is -0.232. The number of rotatable bonds is 5. The maximum absolute atomic E-state index is 13.1. The van der Waals surface area contributed by atoms with Crippen molar-refractivity contribution in [3.8, 4) is 11.3 Å². The standard InChI is InChI=1S/C21H21FN6/c1-21(2,14-4-6-15(22)7-5-14)12-24-19-10-9-16(27-28-19)13-3-8-17-18(11-13)26-20(23)25-17/h3-11H,12H2,1-2H3,(H,24,28)(H3,23,25,26). The lowest BCUT2D eigenvalue weighted by atomic mass is 9.84. The number of aromatic nitrogens is 4. The Morgan fingerprint density at radius 1 is 1.04 bits per heavy atom. The molecule has 0 saturated carbocycles. The van der Waals surface area contributed by atoms with Gasteiger partial charge in [-0.2, -0.15) is 0 Å². The van der Waals surface area contributed by atoms with Crippen LogP contribution in [0.2, 0.25) is 0 Å². The highest BCUT2D eigenvalue weighted by Gasteiger charge is 2.20. The van der Waals surface area contributed by atoms with Crippen LogP contribution < -0.4 is 11.1 Å². The van der Waals surface area contributed by atoms with Crippen LogP contribution in [0.4, 0.5) is 16.2 Å². The van der Waals surface area contributed by atoms with Crippen LogP contribution in [0.1, 0.15) is 19.4 Å². The molecule has 7 heteroatoms. The second-order valence-electron chi connectivity index (χ2n) is 7.40. The number of nitrogens with zero attached hydrogens (tertiary/aromatic N) is 3. The SMILES string of the molecule is CC(C)(CNc1ccc(-c2ccc3[nH]c(N)nc3c2)nn1)c1ccc(F)cc1. The van der Waals surface area contributed by atoms with Gasteiger partial charge in [0.1, 0.15) is 11.6 Å². The van der Waals surface area contributed by atoms with Crippen LogP contribution in [0.3, 0.4) is 0 Å². The maximum atomic E-state index is 13.1. The fourth-order valence-electron chi connectivity index (χ4n) is 3.08. The quantitative estimate of drug-likeness (QED) is 0.487. The van der Waals surface area contributed by atoms with Crippen molar-refractivity contribution in [2.75, 3.05) is 17.6 Å². The summed E-state index contributed by atoms with van der Waals surface area (Å²) in [5.74, 6) is 0.843. The van der Waals surface area contributed by atoms with Gasteiger partial charge in [0.05, 0.1) is 16.7 Å². The molecule has 4 aromatic rings. The van der Waals surface area contributed by atoms with Crippen molar-refractivity contribution in [2.45, 2.75) is 19.3 Å². The summed E-state index contributed by atoms with van der Waals surface area (Å²) in [6.45, 7) is 4.84. The van der Waals surface area contributed by atoms with Crippen LogP contribution in [-0.2, 0) is 5.41 Å². The predicted molar refractivity (Wildman–Crippen MR) is 109 cm³/mol. The molecule has 0 atom stereocenters. The third-order valence-electron chi connectivity index (χ3n) is 4.80. The summed E-state index contributed by atoms with van der Waals surface area (Å²) in [6, 6.07) is 16.2. The summed E-state index contributed by atoms with van der Waals surface area (Å²) >= 11 is 0. The highest BCUT2D eigenvalue weighted by molar-refractivity contribution is 5.82. The number of H-pyrrole nitrogens is 1. The minimum absolute atomic E-state index is 0.182. The summed E-state index contributed by atoms with van der Waals surface area (Å²) in [4.78, 5) is 7.24. The lowest BCUT2D eigenvalue weighted by Crippen LogP contribution is -2.28. The van der Waals surface area contributed by atoms with Gasteiger partial charge in [-0.05, 0) is 42.0 Å². The third kappa shape index (κ3) is 3.64. The molecule has 0 bridgehead atoms. The second kappa shape index (κ2) is 6.92. The zero-order valence-corrected chi connectivity index (χ0v) is 15.7. The summed E-state index contributed by atoms with van der Waals surface area (Å²) in [5, 5.41) is 11.9. The Balaban J connectivity index is 1.47. The normalized spacial score (nSPS) is 11.7. The van der Waals surface area contributed by atoms with Crippen molar-refractivity contribution in [1.29, 1.82) is 0 Å².